The van der Waals surface area contributed by atoms with Gasteiger partial charge in [0, 0.05) is 17.9 Å². The highest BCUT2D eigenvalue weighted by atomic mass is 16.5. The van der Waals surface area contributed by atoms with Gasteiger partial charge in [-0.2, -0.15) is 0 Å². The zero-order chi connectivity index (χ0) is 22.7. The van der Waals surface area contributed by atoms with Gasteiger partial charge in [0.2, 0.25) is 5.91 Å². The van der Waals surface area contributed by atoms with Crippen LogP contribution in [0.3, 0.4) is 0 Å². The number of rotatable bonds is 7. The summed E-state index contributed by atoms with van der Waals surface area (Å²) in [6, 6.07) is 13.9. The Hall–Kier alpha value is -2.69. The molecule has 1 N–H and O–H groups in total. The Kier molecular flexibility index (Phi) is 6.63. The normalized spacial score (nSPS) is 20.7. The molecule has 1 saturated carbocycles. The molecule has 0 radical (unpaired) electrons. The van der Waals surface area contributed by atoms with Crippen LogP contribution in [-0.4, -0.2) is 24.7 Å². The number of benzene rings is 2. The lowest BCUT2D eigenvalue weighted by Crippen LogP contribution is -2.42. The minimum absolute atomic E-state index is 0.0390. The molecular weight excluding hydrogens is 402 g/mol. The summed E-state index contributed by atoms with van der Waals surface area (Å²) in [6.45, 7) is 6.10. The van der Waals surface area contributed by atoms with Gasteiger partial charge >= 0.3 is 0 Å². The van der Waals surface area contributed by atoms with Crippen molar-refractivity contribution >= 4 is 5.91 Å². The molecule has 0 aromatic heterocycles. The fourth-order valence-electron chi connectivity index (χ4n) is 4.86. The van der Waals surface area contributed by atoms with Crippen LogP contribution >= 0.6 is 0 Å². The lowest BCUT2D eigenvalue weighted by Gasteiger charge is -2.38. The minimum Gasteiger partial charge on any atom is -0.493 e. The third-order valence-corrected chi connectivity index (χ3v) is 6.53. The average Bonchev–Trinajstić information content (AvgIpc) is 3.27. The fraction of sp³-hybridized carbons (Fsp3) is 0.519. The molecule has 0 saturated heterocycles. The van der Waals surface area contributed by atoms with E-state index in [0.717, 1.165) is 47.6 Å². The Bertz CT molecular complexity index is 948. The first kappa shape index (κ1) is 22.5. The van der Waals surface area contributed by atoms with Crippen LogP contribution in [0.15, 0.2) is 42.5 Å². The van der Waals surface area contributed by atoms with E-state index >= 15 is 0 Å². The molecule has 1 heterocycles. The Morgan fingerprint density at radius 1 is 1.16 bits per heavy atom. The van der Waals surface area contributed by atoms with Gasteiger partial charge in [-0.15, -0.1) is 0 Å². The number of nitrogens with one attached hydrogen (secondary N) is 1. The zero-order valence-electron chi connectivity index (χ0n) is 19.6. The fourth-order valence-corrected chi connectivity index (χ4v) is 4.86. The summed E-state index contributed by atoms with van der Waals surface area (Å²) in [5.41, 5.74) is 1.73. The van der Waals surface area contributed by atoms with Gasteiger partial charge in [-0.1, -0.05) is 37.3 Å². The highest BCUT2D eigenvalue weighted by molar-refractivity contribution is 5.79. The van der Waals surface area contributed by atoms with Crippen LogP contribution in [0.25, 0.3) is 0 Å². The lowest BCUT2D eigenvalue weighted by molar-refractivity contribution is -0.125. The number of methoxy groups -OCH3 is 1. The molecule has 2 atom stereocenters. The molecule has 1 amide bonds. The van der Waals surface area contributed by atoms with Gasteiger partial charge in [0.25, 0.3) is 0 Å². The predicted octanol–water partition coefficient (Wildman–Crippen LogP) is 5.61. The Labute approximate surface area is 191 Å². The minimum atomic E-state index is -0.329. The number of fused-ring (bicyclic) bond motifs is 1. The summed E-state index contributed by atoms with van der Waals surface area (Å²) in [5, 5.41) is 3.28. The van der Waals surface area contributed by atoms with Gasteiger partial charge in [-0.25, -0.2) is 0 Å². The number of carbonyl (C=O) groups excluding carboxylic acids is 1. The lowest BCUT2D eigenvalue weighted by atomic mass is 9.89. The van der Waals surface area contributed by atoms with E-state index in [1.165, 1.54) is 12.8 Å². The summed E-state index contributed by atoms with van der Waals surface area (Å²) < 4.78 is 18.1. The van der Waals surface area contributed by atoms with Crippen molar-refractivity contribution in [3.63, 3.8) is 0 Å². The quantitative estimate of drug-likeness (QED) is 0.611. The van der Waals surface area contributed by atoms with Crippen LogP contribution in [0.1, 0.15) is 70.0 Å². The molecule has 5 heteroatoms. The largest absolute Gasteiger partial charge is 0.493 e. The average molecular weight is 438 g/mol. The molecule has 2 aromatic carbocycles. The molecule has 2 aromatic rings. The second-order valence-corrected chi connectivity index (χ2v) is 9.74. The van der Waals surface area contributed by atoms with Crippen LogP contribution in [0, 0.1) is 5.92 Å². The highest BCUT2D eigenvalue weighted by Gasteiger charge is 2.35. The van der Waals surface area contributed by atoms with Crippen LogP contribution in [0.4, 0.5) is 0 Å². The van der Waals surface area contributed by atoms with E-state index in [-0.39, 0.29) is 29.6 Å². The molecule has 5 nitrogen and oxygen atoms in total. The zero-order valence-corrected chi connectivity index (χ0v) is 19.6. The molecule has 2 aliphatic rings. The second-order valence-electron chi connectivity index (χ2n) is 9.74. The van der Waals surface area contributed by atoms with E-state index < -0.39 is 0 Å². The number of hydrogen-bond acceptors (Lipinski definition) is 4. The third kappa shape index (κ3) is 5.03. The van der Waals surface area contributed by atoms with E-state index in [9.17, 15) is 4.79 Å². The summed E-state index contributed by atoms with van der Waals surface area (Å²) >= 11 is 0. The van der Waals surface area contributed by atoms with E-state index in [4.69, 9.17) is 14.2 Å². The van der Waals surface area contributed by atoms with Gasteiger partial charge in [0.05, 0.1) is 19.3 Å². The number of para-hydroxylation sites is 2. The number of carbonyl (C=O) groups is 1. The maximum atomic E-state index is 13.2. The molecule has 0 spiro atoms. The van der Waals surface area contributed by atoms with Crippen molar-refractivity contribution in [2.75, 3.05) is 7.11 Å². The van der Waals surface area contributed by atoms with E-state index in [1.807, 2.05) is 49.4 Å². The molecule has 1 aliphatic heterocycles. The molecule has 1 unspecified atom stereocenters. The van der Waals surface area contributed by atoms with E-state index in [1.54, 1.807) is 7.11 Å². The SMILES string of the molecule is COc1cccc(C[C@H](C)C(=O)NC2CC(C)(C)Oc3ccccc32)c1OC1CCCC1. The molecule has 4 rings (SSSR count). The number of hydrogen-bond donors (Lipinski definition) is 1. The maximum Gasteiger partial charge on any atom is 0.223 e. The van der Waals surface area contributed by atoms with Crippen LogP contribution in [0.2, 0.25) is 0 Å². The Morgan fingerprint density at radius 3 is 2.66 bits per heavy atom. The molecule has 1 aliphatic carbocycles. The van der Waals surface area contributed by atoms with Crippen molar-refractivity contribution in [1.82, 2.24) is 5.32 Å². The summed E-state index contributed by atoms with van der Waals surface area (Å²) in [6.07, 6.45) is 6.12. The molecule has 172 valence electrons. The maximum absolute atomic E-state index is 13.2. The van der Waals surface area contributed by atoms with Crippen molar-refractivity contribution in [3.8, 4) is 17.2 Å². The highest BCUT2D eigenvalue weighted by Crippen LogP contribution is 2.40. The summed E-state index contributed by atoms with van der Waals surface area (Å²) in [7, 11) is 1.67. The van der Waals surface area contributed by atoms with Crippen LogP contribution < -0.4 is 19.5 Å². The van der Waals surface area contributed by atoms with Crippen molar-refractivity contribution in [2.45, 2.75) is 77.0 Å². The van der Waals surface area contributed by atoms with Crippen LogP contribution in [0.5, 0.6) is 17.2 Å². The summed E-state index contributed by atoms with van der Waals surface area (Å²) in [5.74, 6) is 2.21. The Balaban J connectivity index is 1.49. The Morgan fingerprint density at radius 2 is 1.91 bits per heavy atom. The molecule has 0 bridgehead atoms. The predicted molar refractivity (Wildman–Crippen MR) is 125 cm³/mol. The van der Waals surface area contributed by atoms with Gasteiger partial charge in [0.1, 0.15) is 11.4 Å². The van der Waals surface area contributed by atoms with Crippen molar-refractivity contribution in [2.24, 2.45) is 5.92 Å². The smallest absolute Gasteiger partial charge is 0.223 e. The van der Waals surface area contributed by atoms with Crippen LogP contribution in [-0.2, 0) is 11.2 Å². The number of amides is 1. The number of ether oxygens (including phenoxy) is 3. The monoisotopic (exact) mass is 437 g/mol. The first-order valence-electron chi connectivity index (χ1n) is 11.8. The molecule has 1 fully saturated rings. The first-order chi connectivity index (χ1) is 15.4. The topological polar surface area (TPSA) is 56.8 Å². The van der Waals surface area contributed by atoms with Gasteiger partial charge < -0.3 is 19.5 Å². The van der Waals surface area contributed by atoms with Crippen molar-refractivity contribution in [1.29, 1.82) is 0 Å². The van der Waals surface area contributed by atoms with Crippen molar-refractivity contribution in [3.05, 3.63) is 53.6 Å². The standard InChI is InChI=1S/C27H35NO4/c1-18(16-19-10-9-15-24(30-4)25(19)31-20-11-5-6-12-20)26(29)28-22-17-27(2,3)32-23-14-8-7-13-21(22)23/h7-10,13-15,18,20,22H,5-6,11-12,16-17H2,1-4H3,(H,28,29)/t18-,22?/m0/s1. The van der Waals surface area contributed by atoms with Crippen molar-refractivity contribution < 1.29 is 19.0 Å². The van der Waals surface area contributed by atoms with Gasteiger partial charge in [-0.05, 0) is 63.6 Å². The van der Waals surface area contributed by atoms with E-state index in [2.05, 4.69) is 19.2 Å². The van der Waals surface area contributed by atoms with Gasteiger partial charge in [0.15, 0.2) is 11.5 Å². The molecular formula is C27H35NO4. The molecule has 32 heavy (non-hydrogen) atoms. The second kappa shape index (κ2) is 9.43. The first-order valence-corrected chi connectivity index (χ1v) is 11.8. The summed E-state index contributed by atoms with van der Waals surface area (Å²) in [4.78, 5) is 13.2. The van der Waals surface area contributed by atoms with E-state index in [0.29, 0.717) is 6.42 Å². The van der Waals surface area contributed by atoms with Gasteiger partial charge in [-0.3, -0.25) is 4.79 Å². The third-order valence-electron chi connectivity index (χ3n) is 6.53.